The van der Waals surface area contributed by atoms with E-state index in [1.807, 2.05) is 26.0 Å². The number of carbonyl (C=O) groups is 1. The van der Waals surface area contributed by atoms with Crippen molar-refractivity contribution in [3.05, 3.63) is 41.0 Å². The quantitative estimate of drug-likeness (QED) is 0.882. The zero-order valence-electron chi connectivity index (χ0n) is 11.1. The predicted molar refractivity (Wildman–Crippen MR) is 72.7 cm³/mol. The second kappa shape index (κ2) is 5.38. The van der Waals surface area contributed by atoms with Gasteiger partial charge in [0.2, 0.25) is 0 Å². The van der Waals surface area contributed by atoms with Crippen LogP contribution < -0.4 is 0 Å². The summed E-state index contributed by atoms with van der Waals surface area (Å²) in [5, 5.41) is 9.83. The minimum absolute atomic E-state index is 0.134. The molecule has 96 valence electrons. The Labute approximate surface area is 108 Å². The van der Waals surface area contributed by atoms with Gasteiger partial charge in [0.25, 0.3) is 0 Å². The maximum absolute atomic E-state index is 11.8. The summed E-state index contributed by atoms with van der Waals surface area (Å²) in [5.41, 5.74) is 3.19. The molecule has 0 fully saturated rings. The van der Waals surface area contributed by atoms with Crippen LogP contribution in [0.15, 0.2) is 29.8 Å². The van der Waals surface area contributed by atoms with Crippen molar-refractivity contribution in [1.82, 2.24) is 0 Å². The first-order chi connectivity index (χ1) is 8.56. The minimum atomic E-state index is 0.134. The molecule has 2 nitrogen and oxygen atoms in total. The van der Waals surface area contributed by atoms with E-state index < -0.39 is 0 Å². The first kappa shape index (κ1) is 12.9. The Morgan fingerprint density at radius 1 is 1.33 bits per heavy atom. The van der Waals surface area contributed by atoms with E-state index in [-0.39, 0.29) is 11.7 Å². The number of phenolic OH excluding ortho intramolecular Hbond substituents is 1. The summed E-state index contributed by atoms with van der Waals surface area (Å²) in [6, 6.07) is 5.74. The Hall–Kier alpha value is -1.57. The van der Waals surface area contributed by atoms with Gasteiger partial charge in [-0.05, 0) is 62.8 Å². The molecule has 0 bridgehead atoms. The molecule has 1 N–H and O–H groups in total. The zero-order chi connectivity index (χ0) is 13.1. The number of allylic oxidation sites excluding steroid dienone is 2. The predicted octanol–water partition coefficient (Wildman–Crippen LogP) is 3.56. The smallest absolute Gasteiger partial charge is 0.158 e. The van der Waals surface area contributed by atoms with Crippen LogP contribution in [0, 0.1) is 12.8 Å². The van der Waals surface area contributed by atoms with Crippen LogP contribution in [-0.4, -0.2) is 10.9 Å². The van der Waals surface area contributed by atoms with Crippen molar-refractivity contribution < 1.29 is 9.90 Å². The molecule has 1 aliphatic carbocycles. The maximum Gasteiger partial charge on any atom is 0.158 e. The summed E-state index contributed by atoms with van der Waals surface area (Å²) in [4.78, 5) is 11.8. The maximum atomic E-state index is 11.8. The van der Waals surface area contributed by atoms with Crippen LogP contribution in [0.25, 0.3) is 0 Å². The molecule has 1 atom stereocenters. The second-order valence-corrected chi connectivity index (χ2v) is 5.30. The monoisotopic (exact) mass is 244 g/mol. The first-order valence-electron chi connectivity index (χ1n) is 6.56. The van der Waals surface area contributed by atoms with Crippen LogP contribution in [0.1, 0.15) is 37.3 Å². The van der Waals surface area contributed by atoms with Gasteiger partial charge in [-0.3, -0.25) is 4.79 Å². The molecule has 1 unspecified atom stereocenters. The van der Waals surface area contributed by atoms with Crippen molar-refractivity contribution in [3.63, 3.8) is 0 Å². The summed E-state index contributed by atoms with van der Waals surface area (Å²) in [5.74, 6) is 0.740. The van der Waals surface area contributed by atoms with Crippen LogP contribution in [0.2, 0.25) is 0 Å². The topological polar surface area (TPSA) is 37.3 Å². The van der Waals surface area contributed by atoms with Gasteiger partial charge >= 0.3 is 0 Å². The molecule has 0 aromatic heterocycles. The average molecular weight is 244 g/mol. The van der Waals surface area contributed by atoms with E-state index in [9.17, 15) is 9.90 Å². The number of hydrogen-bond acceptors (Lipinski definition) is 2. The van der Waals surface area contributed by atoms with Gasteiger partial charge in [0, 0.05) is 5.92 Å². The summed E-state index contributed by atoms with van der Waals surface area (Å²) in [6.45, 7) is 3.97. The molecule has 1 aromatic carbocycles. The molecular weight excluding hydrogens is 224 g/mol. The van der Waals surface area contributed by atoms with Gasteiger partial charge in [-0.25, -0.2) is 0 Å². The SMILES string of the molecule is CC1=CC(=O)C(CCc2ccc(C)cc2O)CC1. The van der Waals surface area contributed by atoms with E-state index in [0.717, 1.165) is 36.8 Å². The third kappa shape index (κ3) is 3.00. The average Bonchev–Trinajstić information content (AvgIpc) is 2.30. The number of aryl methyl sites for hydroxylation is 2. The molecule has 0 amide bonds. The summed E-state index contributed by atoms with van der Waals surface area (Å²) in [6.07, 6.45) is 5.36. The van der Waals surface area contributed by atoms with Crippen molar-refractivity contribution in [3.8, 4) is 5.75 Å². The lowest BCUT2D eigenvalue weighted by Gasteiger charge is -2.19. The van der Waals surface area contributed by atoms with Gasteiger partial charge in [0.1, 0.15) is 5.75 Å². The van der Waals surface area contributed by atoms with Gasteiger partial charge in [-0.2, -0.15) is 0 Å². The van der Waals surface area contributed by atoms with E-state index in [4.69, 9.17) is 0 Å². The van der Waals surface area contributed by atoms with Gasteiger partial charge in [0.15, 0.2) is 5.78 Å². The van der Waals surface area contributed by atoms with Crippen LogP contribution in [0.5, 0.6) is 5.75 Å². The molecule has 2 rings (SSSR count). The van der Waals surface area contributed by atoms with Gasteiger partial charge in [-0.1, -0.05) is 17.7 Å². The van der Waals surface area contributed by atoms with E-state index in [1.165, 1.54) is 5.57 Å². The lowest BCUT2D eigenvalue weighted by molar-refractivity contribution is -0.119. The van der Waals surface area contributed by atoms with Crippen molar-refractivity contribution in [2.75, 3.05) is 0 Å². The third-order valence-corrected chi connectivity index (χ3v) is 3.68. The molecule has 0 saturated heterocycles. The number of benzene rings is 1. The Morgan fingerprint density at radius 3 is 2.78 bits per heavy atom. The normalized spacial score (nSPS) is 19.8. The summed E-state index contributed by atoms with van der Waals surface area (Å²) < 4.78 is 0. The van der Waals surface area contributed by atoms with Crippen molar-refractivity contribution in [2.24, 2.45) is 5.92 Å². The number of hydrogen-bond donors (Lipinski definition) is 1. The molecule has 1 aromatic rings. The minimum Gasteiger partial charge on any atom is -0.508 e. The lowest BCUT2D eigenvalue weighted by atomic mass is 9.85. The Kier molecular flexibility index (Phi) is 3.85. The highest BCUT2D eigenvalue weighted by Gasteiger charge is 2.20. The number of carbonyl (C=O) groups excluding carboxylic acids is 1. The van der Waals surface area contributed by atoms with Crippen LogP contribution in [-0.2, 0) is 11.2 Å². The van der Waals surface area contributed by atoms with E-state index >= 15 is 0 Å². The third-order valence-electron chi connectivity index (χ3n) is 3.68. The number of aromatic hydroxyl groups is 1. The van der Waals surface area contributed by atoms with Crippen LogP contribution >= 0.6 is 0 Å². The largest absolute Gasteiger partial charge is 0.508 e. The highest BCUT2D eigenvalue weighted by molar-refractivity contribution is 5.93. The highest BCUT2D eigenvalue weighted by atomic mass is 16.3. The van der Waals surface area contributed by atoms with Gasteiger partial charge in [-0.15, -0.1) is 0 Å². The van der Waals surface area contributed by atoms with Gasteiger partial charge < -0.3 is 5.11 Å². The lowest BCUT2D eigenvalue weighted by Crippen LogP contribution is -2.17. The molecule has 0 saturated carbocycles. The molecule has 0 heterocycles. The molecule has 0 spiro atoms. The molecular formula is C16H20O2. The highest BCUT2D eigenvalue weighted by Crippen LogP contribution is 2.27. The van der Waals surface area contributed by atoms with Crippen molar-refractivity contribution in [1.29, 1.82) is 0 Å². The number of phenols is 1. The number of rotatable bonds is 3. The second-order valence-electron chi connectivity index (χ2n) is 5.30. The Bertz CT molecular complexity index is 486. The summed E-state index contributed by atoms with van der Waals surface area (Å²) in [7, 11) is 0. The van der Waals surface area contributed by atoms with Crippen molar-refractivity contribution in [2.45, 2.75) is 39.5 Å². The fourth-order valence-corrected chi connectivity index (χ4v) is 2.48. The molecule has 18 heavy (non-hydrogen) atoms. The molecule has 1 aliphatic rings. The van der Waals surface area contributed by atoms with Crippen LogP contribution in [0.4, 0.5) is 0 Å². The fraction of sp³-hybridized carbons (Fsp3) is 0.438. The number of ketones is 1. The first-order valence-corrected chi connectivity index (χ1v) is 6.56. The standard InChI is InChI=1S/C16H20O2/c1-11-3-5-13(15(17)9-11)7-8-14-6-4-12(2)10-16(14)18/h3,5,9-10,14,17H,4,6-8H2,1-2H3. The van der Waals surface area contributed by atoms with E-state index in [1.54, 1.807) is 12.1 Å². The van der Waals surface area contributed by atoms with Crippen molar-refractivity contribution >= 4 is 5.78 Å². The molecule has 2 heteroatoms. The Morgan fingerprint density at radius 2 is 2.11 bits per heavy atom. The zero-order valence-corrected chi connectivity index (χ0v) is 11.1. The van der Waals surface area contributed by atoms with E-state index in [2.05, 4.69) is 0 Å². The molecule has 0 radical (unpaired) electrons. The van der Waals surface area contributed by atoms with E-state index in [0.29, 0.717) is 5.75 Å². The fourth-order valence-electron chi connectivity index (χ4n) is 2.48. The summed E-state index contributed by atoms with van der Waals surface area (Å²) >= 11 is 0. The Balaban J connectivity index is 1.98. The van der Waals surface area contributed by atoms with Crippen LogP contribution in [0.3, 0.4) is 0 Å². The molecule has 0 aliphatic heterocycles. The van der Waals surface area contributed by atoms with Gasteiger partial charge in [0.05, 0.1) is 0 Å².